The molecule has 0 aliphatic heterocycles. The Labute approximate surface area is 424 Å². The maximum absolute atomic E-state index is 10.7. The molecule has 10 N–H and O–H groups in total. The largest absolute Gasteiger partial charge is 0.477 e. The third kappa shape index (κ3) is 25.9. The topological polar surface area (TPSA) is 417 Å². The van der Waals surface area contributed by atoms with Gasteiger partial charge in [0, 0.05) is 57.1 Å². The highest BCUT2D eigenvalue weighted by Gasteiger charge is 2.15. The van der Waals surface area contributed by atoms with Gasteiger partial charge in [-0.2, -0.15) is 0 Å². The maximum atomic E-state index is 10.7. The minimum absolute atomic E-state index is 0.0239. The van der Waals surface area contributed by atoms with Gasteiger partial charge in [-0.3, -0.25) is 0 Å². The summed E-state index contributed by atoms with van der Waals surface area (Å²) in [4.78, 5) is 89.3. The van der Waals surface area contributed by atoms with Crippen molar-refractivity contribution >= 4 is 53.0 Å². The SMILES string of the molecule is O=C(O)c1cc(C#CCCCO)ncn1.O=C(O)c1cc(C#CCCO)ncn1.O=C(O)c1cc(C#CCO)ncn1.O=C(O)c1ncnc(C#CCCCO)c1Cl.O=C(O)c1ncnc(C#CCCO)c1Cl. The quantitative estimate of drug-likeness (QED) is 0.0657. The molecule has 5 rings (SSSR count). The average Bonchev–Trinajstić information content (AvgIpc) is 3.38. The van der Waals surface area contributed by atoms with Crippen molar-refractivity contribution in [1.82, 2.24) is 49.8 Å². The Morgan fingerprint density at radius 1 is 0.384 bits per heavy atom. The number of hydrogen-bond donors (Lipinski definition) is 10. The van der Waals surface area contributed by atoms with Crippen LogP contribution in [0.2, 0.25) is 10.0 Å². The molecule has 0 saturated carbocycles. The van der Waals surface area contributed by atoms with Crippen molar-refractivity contribution in [3.05, 3.63) is 117 Å². The second kappa shape index (κ2) is 36.9. The number of carboxylic acid groups (broad SMARTS) is 5. The number of aliphatic hydroxyl groups is 5. The number of unbranched alkanes of at least 4 members (excludes halogenated alkanes) is 2. The molecule has 0 aliphatic carbocycles. The van der Waals surface area contributed by atoms with E-state index in [1.807, 2.05) is 0 Å². The van der Waals surface area contributed by atoms with E-state index in [1.165, 1.54) is 24.5 Å². The van der Waals surface area contributed by atoms with Crippen LogP contribution in [0, 0.1) is 59.2 Å². The smallest absolute Gasteiger partial charge is 0.356 e. The van der Waals surface area contributed by atoms with Gasteiger partial charge < -0.3 is 51.1 Å². The molecule has 0 saturated heterocycles. The van der Waals surface area contributed by atoms with E-state index in [0.29, 0.717) is 43.5 Å². The van der Waals surface area contributed by atoms with E-state index in [-0.39, 0.29) is 95.1 Å². The molecule has 73 heavy (non-hydrogen) atoms. The molecular formula is C46H40Cl2N10O15. The van der Waals surface area contributed by atoms with Crippen LogP contribution in [0.3, 0.4) is 0 Å². The van der Waals surface area contributed by atoms with Gasteiger partial charge in [0.25, 0.3) is 0 Å². The molecule has 378 valence electrons. The van der Waals surface area contributed by atoms with Crippen molar-refractivity contribution in [2.75, 3.05) is 33.0 Å². The monoisotopic (exact) mass is 1040 g/mol. The summed E-state index contributed by atoms with van der Waals surface area (Å²) in [6, 6.07) is 3.84. The number of aromatic carboxylic acids is 5. The van der Waals surface area contributed by atoms with Crippen LogP contribution in [-0.4, -0.2) is 164 Å². The number of aromatic nitrogens is 10. The predicted molar refractivity (Wildman–Crippen MR) is 252 cm³/mol. The van der Waals surface area contributed by atoms with Gasteiger partial charge >= 0.3 is 29.8 Å². The molecule has 0 unspecified atom stereocenters. The Morgan fingerprint density at radius 2 is 0.699 bits per heavy atom. The summed E-state index contributed by atoms with van der Waals surface area (Å²) in [6.07, 6.45) is 8.45. The van der Waals surface area contributed by atoms with Crippen molar-refractivity contribution in [2.45, 2.75) is 38.5 Å². The molecule has 0 bridgehead atoms. The van der Waals surface area contributed by atoms with Crippen LogP contribution in [0.5, 0.6) is 0 Å². The summed E-state index contributed by atoms with van der Waals surface area (Å²) >= 11 is 11.5. The highest BCUT2D eigenvalue weighted by Crippen LogP contribution is 2.17. The molecule has 0 fully saturated rings. The Balaban J connectivity index is 0.000000457. The average molecular weight is 1040 g/mol. The predicted octanol–water partition coefficient (Wildman–Crippen LogP) is 1.24. The highest BCUT2D eigenvalue weighted by molar-refractivity contribution is 6.34. The second-order valence-electron chi connectivity index (χ2n) is 12.4. The van der Waals surface area contributed by atoms with Crippen LogP contribution < -0.4 is 0 Å². The molecule has 5 aromatic heterocycles. The van der Waals surface area contributed by atoms with Crippen molar-refractivity contribution in [2.24, 2.45) is 0 Å². The summed E-state index contributed by atoms with van der Waals surface area (Å²) in [5.41, 5.74) is 0.516. The van der Waals surface area contributed by atoms with Crippen molar-refractivity contribution in [3.8, 4) is 59.2 Å². The summed E-state index contributed by atoms with van der Waals surface area (Å²) in [7, 11) is 0. The first kappa shape index (κ1) is 61.9. The molecule has 0 aromatic carbocycles. The van der Waals surface area contributed by atoms with E-state index in [9.17, 15) is 24.0 Å². The lowest BCUT2D eigenvalue weighted by molar-refractivity contribution is 0.0679. The van der Waals surface area contributed by atoms with Gasteiger partial charge in [-0.15, -0.1) is 0 Å². The number of carbonyl (C=O) groups is 5. The number of halogens is 2. The first-order chi connectivity index (χ1) is 35.0. The lowest BCUT2D eigenvalue weighted by Crippen LogP contribution is -2.03. The number of rotatable bonds is 11. The summed E-state index contributed by atoms with van der Waals surface area (Å²) in [6.45, 7) is -0.219. The minimum Gasteiger partial charge on any atom is -0.477 e. The number of aliphatic hydroxyl groups excluding tert-OH is 5. The van der Waals surface area contributed by atoms with Gasteiger partial charge in [0.1, 0.15) is 76.8 Å². The fourth-order valence-corrected chi connectivity index (χ4v) is 4.47. The van der Waals surface area contributed by atoms with Gasteiger partial charge in [0.05, 0.1) is 13.2 Å². The Morgan fingerprint density at radius 3 is 1.01 bits per heavy atom. The van der Waals surface area contributed by atoms with E-state index < -0.39 is 29.8 Å². The van der Waals surface area contributed by atoms with Gasteiger partial charge in [0.15, 0.2) is 28.5 Å². The van der Waals surface area contributed by atoms with Crippen molar-refractivity contribution in [3.63, 3.8) is 0 Å². The Kier molecular flexibility index (Phi) is 31.3. The van der Waals surface area contributed by atoms with Gasteiger partial charge in [-0.25, -0.2) is 73.8 Å². The molecule has 0 amide bonds. The van der Waals surface area contributed by atoms with Crippen LogP contribution in [-0.2, 0) is 0 Å². The van der Waals surface area contributed by atoms with E-state index in [1.54, 1.807) is 0 Å². The molecule has 5 aromatic rings. The summed E-state index contributed by atoms with van der Waals surface area (Å²) in [5.74, 6) is 20.3. The zero-order valence-corrected chi connectivity index (χ0v) is 39.2. The summed E-state index contributed by atoms with van der Waals surface area (Å²) < 4.78 is 0. The van der Waals surface area contributed by atoms with Crippen LogP contribution in [0.25, 0.3) is 0 Å². The fraction of sp³-hybridized carbons (Fsp3) is 0.239. The highest BCUT2D eigenvalue weighted by atomic mass is 35.5. The van der Waals surface area contributed by atoms with Gasteiger partial charge in [-0.1, -0.05) is 52.8 Å². The zero-order chi connectivity index (χ0) is 54.4. The molecular weight excluding hydrogens is 1000 g/mol. The van der Waals surface area contributed by atoms with E-state index in [0.717, 1.165) is 25.3 Å². The standard InChI is InChI=1S/C10H9ClN2O3.C10H10N2O3.C9H7ClN2O3.C9H8N2O3.C8H6N2O3/c11-8-7(4-2-1-3-5-14)12-6-13-9(8)10(15)16;13-5-3-1-2-4-8-6-9(10(14)15)12-7-11-8;10-7-6(3-1-2-4-13)11-5-12-8(7)9(14)15;12-4-2-1-3-7-5-8(9(13)14)11-6-10-7;11-3-1-2-6-4-7(8(12)13)10-5-9-6/h6,14H,1,3,5H2,(H,15,16);6-7,13H,1,3,5H2,(H,14,15);5,13H,2,4H2,(H,14,15);5-6,12H,2,4H2,(H,13,14);4-5,11H,3H2,(H,12,13). The fourth-order valence-electron chi connectivity index (χ4n) is 4.02. The molecule has 5 heterocycles. The number of nitrogens with zero attached hydrogens (tertiary/aromatic N) is 10. The van der Waals surface area contributed by atoms with Crippen LogP contribution in [0.4, 0.5) is 0 Å². The van der Waals surface area contributed by atoms with Crippen molar-refractivity contribution < 1.29 is 75.0 Å². The first-order valence-corrected chi connectivity index (χ1v) is 20.9. The van der Waals surface area contributed by atoms with E-state index >= 15 is 0 Å². The maximum Gasteiger partial charge on any atom is 0.356 e. The second-order valence-corrected chi connectivity index (χ2v) is 13.2. The molecule has 0 atom stereocenters. The van der Waals surface area contributed by atoms with E-state index in [2.05, 4.69) is 109 Å². The van der Waals surface area contributed by atoms with Gasteiger partial charge in [-0.05, 0) is 42.4 Å². The zero-order valence-electron chi connectivity index (χ0n) is 37.6. The lowest BCUT2D eigenvalue weighted by Gasteiger charge is -1.98. The Bertz CT molecular complexity index is 3000. The van der Waals surface area contributed by atoms with Crippen LogP contribution in [0.1, 0.15) is 119 Å². The first-order valence-electron chi connectivity index (χ1n) is 20.2. The number of hydrogen-bond acceptors (Lipinski definition) is 20. The lowest BCUT2D eigenvalue weighted by atomic mass is 10.3. The molecule has 0 spiro atoms. The molecule has 27 heteroatoms. The Hall–Kier alpha value is -9.07. The number of carboxylic acids is 5. The normalized spacial score (nSPS) is 9.08. The van der Waals surface area contributed by atoms with E-state index in [4.69, 9.17) is 74.3 Å². The minimum atomic E-state index is -1.23. The molecule has 0 radical (unpaired) electrons. The van der Waals surface area contributed by atoms with Gasteiger partial charge in [0.2, 0.25) is 0 Å². The third-order valence-corrected chi connectivity index (χ3v) is 7.89. The summed E-state index contributed by atoms with van der Waals surface area (Å²) in [5, 5.41) is 85.5. The molecule has 25 nitrogen and oxygen atoms in total. The van der Waals surface area contributed by atoms with Crippen LogP contribution >= 0.6 is 23.2 Å². The third-order valence-electron chi connectivity index (χ3n) is 7.18. The van der Waals surface area contributed by atoms with Crippen LogP contribution in [0.15, 0.2) is 49.8 Å². The van der Waals surface area contributed by atoms with Crippen molar-refractivity contribution in [1.29, 1.82) is 0 Å². The molecule has 0 aliphatic rings.